The van der Waals surface area contributed by atoms with Crippen LogP contribution in [0.4, 0.5) is 0 Å². The van der Waals surface area contributed by atoms with E-state index < -0.39 is 12.1 Å². The fraction of sp³-hybridized carbons (Fsp3) is 0.733. The summed E-state index contributed by atoms with van der Waals surface area (Å²) in [6.07, 6.45) is 5.44. The third-order valence-corrected chi connectivity index (χ3v) is 2.91. The van der Waals surface area contributed by atoms with Crippen molar-refractivity contribution in [2.24, 2.45) is 4.99 Å². The van der Waals surface area contributed by atoms with Crippen molar-refractivity contribution in [3.05, 3.63) is 12.7 Å². The summed E-state index contributed by atoms with van der Waals surface area (Å²) in [5.74, 6) is -1.07. The molecular formula is C15H27N2NaO4. The van der Waals surface area contributed by atoms with Crippen LogP contribution in [0.15, 0.2) is 17.6 Å². The summed E-state index contributed by atoms with van der Waals surface area (Å²) < 4.78 is 0. The number of nitrogens with zero attached hydrogens (tertiary/aromatic N) is 2. The summed E-state index contributed by atoms with van der Waals surface area (Å²) in [6, 6.07) is 0. The van der Waals surface area contributed by atoms with Gasteiger partial charge in [0.25, 0.3) is 0 Å². The molecule has 22 heavy (non-hydrogen) atoms. The van der Waals surface area contributed by atoms with Crippen molar-refractivity contribution in [1.82, 2.24) is 4.90 Å². The van der Waals surface area contributed by atoms with Gasteiger partial charge in [0.15, 0.2) is 0 Å². The van der Waals surface area contributed by atoms with Crippen LogP contribution >= 0.6 is 0 Å². The Labute approximate surface area is 155 Å². The Morgan fingerprint density at radius 2 is 2.05 bits per heavy atom. The molecule has 0 aliphatic carbocycles. The van der Waals surface area contributed by atoms with Gasteiger partial charge < -0.3 is 15.3 Å². The minimum Gasteiger partial charge on any atom is -0.862 e. The van der Waals surface area contributed by atoms with Gasteiger partial charge in [-0.1, -0.05) is 12.5 Å². The van der Waals surface area contributed by atoms with E-state index >= 15 is 0 Å². The predicted octanol–water partition coefficient (Wildman–Crippen LogP) is -2.00. The number of aliphatic hydroxyl groups excluding tert-OH is 1. The normalized spacial score (nSPS) is 12.8. The molecule has 0 aromatic heterocycles. The van der Waals surface area contributed by atoms with Crippen LogP contribution in [0.1, 0.15) is 45.4 Å². The van der Waals surface area contributed by atoms with Crippen molar-refractivity contribution in [1.29, 1.82) is 0 Å². The molecule has 122 valence electrons. The first-order chi connectivity index (χ1) is 9.95. The predicted molar refractivity (Wildman–Crippen MR) is 81.1 cm³/mol. The van der Waals surface area contributed by atoms with Crippen LogP contribution in [0.5, 0.6) is 0 Å². The Morgan fingerprint density at radius 1 is 1.36 bits per heavy atom. The minimum atomic E-state index is -0.904. The van der Waals surface area contributed by atoms with Crippen LogP contribution < -0.4 is 34.7 Å². The molecule has 0 fully saturated rings. The van der Waals surface area contributed by atoms with Gasteiger partial charge in [0.2, 0.25) is 0 Å². The molecule has 0 spiro atoms. The van der Waals surface area contributed by atoms with Crippen molar-refractivity contribution in [2.75, 3.05) is 19.8 Å². The van der Waals surface area contributed by atoms with Crippen LogP contribution in [0.25, 0.3) is 0 Å². The number of aliphatic hydroxyl groups is 1. The van der Waals surface area contributed by atoms with Gasteiger partial charge in [-0.05, 0) is 38.5 Å². The van der Waals surface area contributed by atoms with Gasteiger partial charge in [0.05, 0.1) is 19.2 Å². The zero-order valence-corrected chi connectivity index (χ0v) is 15.8. The van der Waals surface area contributed by atoms with E-state index in [1.165, 1.54) is 0 Å². The molecule has 0 saturated heterocycles. The Hall–Kier alpha value is -0.400. The van der Waals surface area contributed by atoms with E-state index in [9.17, 15) is 15.0 Å². The first kappa shape index (κ1) is 23.9. The van der Waals surface area contributed by atoms with E-state index in [1.807, 2.05) is 6.08 Å². The molecule has 0 bridgehead atoms. The third kappa shape index (κ3) is 16.0. The van der Waals surface area contributed by atoms with E-state index in [2.05, 4.69) is 11.6 Å². The molecule has 6 nitrogen and oxygen atoms in total. The summed E-state index contributed by atoms with van der Waals surface area (Å²) in [4.78, 5) is 16.2. The molecule has 1 unspecified atom stereocenters. The van der Waals surface area contributed by atoms with E-state index in [4.69, 9.17) is 5.11 Å². The van der Waals surface area contributed by atoms with Gasteiger partial charge >= 0.3 is 35.5 Å². The molecule has 0 saturated carbocycles. The number of carboxylic acid groups (broad SMARTS) is 1. The Bertz CT molecular complexity index is 336. The quantitative estimate of drug-likeness (QED) is 0.134. The maximum Gasteiger partial charge on any atom is 1.00 e. The number of hydrogen-bond donors (Lipinski definition) is 2. The minimum absolute atomic E-state index is 0. The maximum atomic E-state index is 11.6. The zero-order valence-electron chi connectivity index (χ0n) is 13.8. The number of aliphatic carboxylic acids is 1. The first-order valence-corrected chi connectivity index (χ1v) is 7.39. The molecular weight excluding hydrogens is 295 g/mol. The second kappa shape index (κ2) is 15.5. The largest absolute Gasteiger partial charge is 1.00 e. The molecule has 0 aromatic carbocycles. The molecule has 0 aromatic rings. The van der Waals surface area contributed by atoms with Crippen molar-refractivity contribution < 1.29 is 49.7 Å². The molecule has 1 atom stereocenters. The van der Waals surface area contributed by atoms with Gasteiger partial charge in [-0.2, -0.15) is 0 Å². The zero-order chi connectivity index (χ0) is 16.1. The Kier molecular flexibility index (Phi) is 16.8. The van der Waals surface area contributed by atoms with Gasteiger partial charge in [-0.15, -0.1) is 6.58 Å². The average Bonchev–Trinajstić information content (AvgIpc) is 2.41. The molecule has 7 heteroatoms. The van der Waals surface area contributed by atoms with E-state index in [0.717, 1.165) is 25.7 Å². The summed E-state index contributed by atoms with van der Waals surface area (Å²) in [5.41, 5.74) is 0. The van der Waals surface area contributed by atoms with Crippen molar-refractivity contribution in [3.8, 4) is 0 Å². The fourth-order valence-electron chi connectivity index (χ4n) is 1.85. The second-order valence-electron chi connectivity index (χ2n) is 5.15. The standard InChI is InChI=1S/C15H28N2O4.Na/c1-3-4-5-6-7-8-14(19)16-12-17(11-13(2)18)10-9-15(20)21;/h3,13,18H,1,4-12H2,2H3,(H,16,19)(H,20,21);/q;+1/p-1. The van der Waals surface area contributed by atoms with Crippen LogP contribution in [0.2, 0.25) is 0 Å². The van der Waals surface area contributed by atoms with Gasteiger partial charge in [0.1, 0.15) is 0 Å². The smallest absolute Gasteiger partial charge is 0.862 e. The fourth-order valence-corrected chi connectivity index (χ4v) is 1.85. The third-order valence-electron chi connectivity index (χ3n) is 2.91. The van der Waals surface area contributed by atoms with Crippen LogP contribution in [-0.4, -0.2) is 52.8 Å². The Balaban J connectivity index is 0. The van der Waals surface area contributed by atoms with E-state index in [-0.39, 0.29) is 55.1 Å². The molecule has 0 rings (SSSR count). The van der Waals surface area contributed by atoms with Gasteiger partial charge in [-0.25, -0.2) is 0 Å². The summed E-state index contributed by atoms with van der Waals surface area (Å²) in [5, 5.41) is 29.6. The van der Waals surface area contributed by atoms with E-state index in [1.54, 1.807) is 11.8 Å². The number of rotatable bonds is 13. The molecule has 0 heterocycles. The summed E-state index contributed by atoms with van der Waals surface area (Å²) >= 11 is 0. The molecule has 2 N–H and O–H groups in total. The number of carbonyl (C=O) groups is 1. The van der Waals surface area contributed by atoms with Crippen LogP contribution in [0, 0.1) is 0 Å². The SMILES string of the molecule is C=CCCCCCC([O-])=NCN(CCC(=O)O)CC(C)O.[Na+]. The van der Waals surface area contributed by atoms with E-state index in [0.29, 0.717) is 13.0 Å². The molecule has 0 aliphatic rings. The average molecular weight is 322 g/mol. The van der Waals surface area contributed by atoms with Gasteiger partial charge in [-0.3, -0.25) is 14.7 Å². The second-order valence-corrected chi connectivity index (χ2v) is 5.15. The van der Waals surface area contributed by atoms with Crippen LogP contribution in [0.3, 0.4) is 0 Å². The van der Waals surface area contributed by atoms with Crippen LogP contribution in [-0.2, 0) is 4.79 Å². The number of aliphatic imine (C=N–C) groups is 1. The van der Waals surface area contributed by atoms with Crippen molar-refractivity contribution >= 4 is 11.9 Å². The maximum absolute atomic E-state index is 11.6. The number of hydrogen-bond acceptors (Lipinski definition) is 5. The monoisotopic (exact) mass is 322 g/mol. The number of unbranched alkanes of at least 4 members (excludes halogenated alkanes) is 3. The van der Waals surface area contributed by atoms with Crippen molar-refractivity contribution in [2.45, 2.75) is 51.6 Å². The van der Waals surface area contributed by atoms with Gasteiger partial charge in [0, 0.05) is 13.1 Å². The molecule has 0 amide bonds. The molecule has 0 radical (unpaired) electrons. The number of carboxylic acids is 1. The molecule has 0 aliphatic heterocycles. The number of allylic oxidation sites excluding steroid dienone is 1. The summed E-state index contributed by atoms with van der Waals surface area (Å²) in [6.45, 7) is 5.99. The van der Waals surface area contributed by atoms with Crippen molar-refractivity contribution in [3.63, 3.8) is 0 Å². The summed E-state index contributed by atoms with van der Waals surface area (Å²) in [7, 11) is 0. The topological polar surface area (TPSA) is 96.2 Å². The first-order valence-electron chi connectivity index (χ1n) is 7.39. The Morgan fingerprint density at radius 3 is 2.59 bits per heavy atom.